The number of nitrogens with zero attached hydrogens (tertiary/aromatic N) is 2. The van der Waals surface area contributed by atoms with Gasteiger partial charge in [0, 0.05) is 35.5 Å². The summed E-state index contributed by atoms with van der Waals surface area (Å²) in [5.41, 5.74) is 3.45. The van der Waals surface area contributed by atoms with Gasteiger partial charge < -0.3 is 4.90 Å². The van der Waals surface area contributed by atoms with Gasteiger partial charge in [0.2, 0.25) is 5.91 Å². The van der Waals surface area contributed by atoms with E-state index in [1.165, 1.54) is 5.56 Å². The van der Waals surface area contributed by atoms with Crippen LogP contribution in [0.25, 0.3) is 0 Å². The molecule has 0 saturated carbocycles. The van der Waals surface area contributed by atoms with Crippen LogP contribution >= 0.6 is 15.9 Å². The van der Waals surface area contributed by atoms with Crippen LogP contribution in [0.4, 0.5) is 5.69 Å². The first-order chi connectivity index (χ1) is 9.75. The summed E-state index contributed by atoms with van der Waals surface area (Å²) in [4.78, 5) is 18.3. The van der Waals surface area contributed by atoms with E-state index in [0.29, 0.717) is 6.42 Å². The van der Waals surface area contributed by atoms with Gasteiger partial charge >= 0.3 is 0 Å². The van der Waals surface area contributed by atoms with Crippen LogP contribution in [0.1, 0.15) is 17.5 Å². The summed E-state index contributed by atoms with van der Waals surface area (Å²) in [6.45, 7) is 0.785. The van der Waals surface area contributed by atoms with Gasteiger partial charge in [0.25, 0.3) is 0 Å². The van der Waals surface area contributed by atoms with Gasteiger partial charge in [-0.3, -0.25) is 9.78 Å². The Labute approximate surface area is 126 Å². The van der Waals surface area contributed by atoms with Crippen LogP contribution in [0.3, 0.4) is 0 Å². The Bertz CT molecular complexity index is 628. The summed E-state index contributed by atoms with van der Waals surface area (Å²) < 4.78 is 1.10. The van der Waals surface area contributed by atoms with Gasteiger partial charge in [0.1, 0.15) is 0 Å². The quantitative estimate of drug-likeness (QED) is 0.864. The van der Waals surface area contributed by atoms with E-state index < -0.39 is 0 Å². The summed E-state index contributed by atoms with van der Waals surface area (Å²) in [5.74, 6) is 0.193. The SMILES string of the molecule is O=C(CCc1ccncc1)N1CCc2c(Br)cccc21. The monoisotopic (exact) mass is 330 g/mol. The lowest BCUT2D eigenvalue weighted by molar-refractivity contribution is -0.118. The Hall–Kier alpha value is -1.68. The van der Waals surface area contributed by atoms with Gasteiger partial charge in [-0.1, -0.05) is 22.0 Å². The second kappa shape index (κ2) is 5.75. The molecule has 0 aliphatic carbocycles. The van der Waals surface area contributed by atoms with E-state index in [1.54, 1.807) is 12.4 Å². The van der Waals surface area contributed by atoms with Crippen molar-refractivity contribution in [1.29, 1.82) is 0 Å². The number of halogens is 1. The molecule has 102 valence electrons. The van der Waals surface area contributed by atoms with E-state index >= 15 is 0 Å². The number of carbonyl (C=O) groups excluding carboxylic acids is 1. The Morgan fingerprint density at radius 3 is 2.85 bits per heavy atom. The molecule has 0 spiro atoms. The maximum Gasteiger partial charge on any atom is 0.227 e. The first-order valence-electron chi connectivity index (χ1n) is 6.72. The van der Waals surface area contributed by atoms with Crippen LogP contribution in [-0.2, 0) is 17.6 Å². The fraction of sp³-hybridized carbons (Fsp3) is 0.250. The Morgan fingerprint density at radius 1 is 1.25 bits per heavy atom. The van der Waals surface area contributed by atoms with Gasteiger partial charge in [0.05, 0.1) is 0 Å². The lowest BCUT2D eigenvalue weighted by atomic mass is 10.1. The second-order valence-electron chi connectivity index (χ2n) is 4.89. The van der Waals surface area contributed by atoms with Gasteiger partial charge in [0.15, 0.2) is 0 Å². The highest BCUT2D eigenvalue weighted by molar-refractivity contribution is 9.10. The minimum atomic E-state index is 0.193. The first kappa shape index (κ1) is 13.3. The molecule has 0 saturated heterocycles. The molecule has 0 N–H and O–H groups in total. The Morgan fingerprint density at radius 2 is 2.05 bits per heavy atom. The van der Waals surface area contributed by atoms with Gasteiger partial charge in [-0.15, -0.1) is 0 Å². The second-order valence-corrected chi connectivity index (χ2v) is 5.74. The van der Waals surface area contributed by atoms with Crippen molar-refractivity contribution in [1.82, 2.24) is 4.98 Å². The smallest absolute Gasteiger partial charge is 0.227 e. The van der Waals surface area contributed by atoms with Crippen molar-refractivity contribution in [3.8, 4) is 0 Å². The number of aryl methyl sites for hydroxylation is 1. The number of amides is 1. The number of hydrogen-bond acceptors (Lipinski definition) is 2. The van der Waals surface area contributed by atoms with Gasteiger partial charge in [-0.2, -0.15) is 0 Å². The molecule has 0 atom stereocenters. The molecule has 4 heteroatoms. The number of rotatable bonds is 3. The van der Waals surface area contributed by atoms with Crippen LogP contribution < -0.4 is 4.90 Å². The van der Waals surface area contributed by atoms with Crippen molar-refractivity contribution in [2.75, 3.05) is 11.4 Å². The number of pyridine rings is 1. The lowest BCUT2D eigenvalue weighted by Crippen LogP contribution is -2.29. The number of aromatic nitrogens is 1. The number of hydrogen-bond donors (Lipinski definition) is 0. The number of carbonyl (C=O) groups is 1. The van der Waals surface area contributed by atoms with Crippen molar-refractivity contribution >= 4 is 27.5 Å². The van der Waals surface area contributed by atoms with Crippen LogP contribution in [-0.4, -0.2) is 17.4 Å². The van der Waals surface area contributed by atoms with Crippen molar-refractivity contribution in [2.24, 2.45) is 0 Å². The van der Waals surface area contributed by atoms with E-state index in [4.69, 9.17) is 0 Å². The fourth-order valence-corrected chi connectivity index (χ4v) is 3.14. The van der Waals surface area contributed by atoms with Crippen LogP contribution in [0.2, 0.25) is 0 Å². The molecule has 2 aromatic rings. The predicted molar refractivity (Wildman–Crippen MR) is 82.8 cm³/mol. The molecule has 20 heavy (non-hydrogen) atoms. The summed E-state index contributed by atoms with van der Waals surface area (Å²) in [6.07, 6.45) is 5.76. The zero-order valence-electron chi connectivity index (χ0n) is 11.1. The molecule has 0 radical (unpaired) electrons. The molecule has 1 aromatic heterocycles. The minimum Gasteiger partial charge on any atom is -0.312 e. The van der Waals surface area contributed by atoms with Crippen LogP contribution in [0, 0.1) is 0 Å². The maximum atomic E-state index is 12.4. The molecule has 1 amide bonds. The highest BCUT2D eigenvalue weighted by atomic mass is 79.9. The molecule has 1 aromatic carbocycles. The molecule has 0 fully saturated rings. The van der Waals surface area contributed by atoms with E-state index in [9.17, 15) is 4.79 Å². The van der Waals surface area contributed by atoms with Crippen LogP contribution in [0.5, 0.6) is 0 Å². The van der Waals surface area contributed by atoms with Crippen molar-refractivity contribution in [3.05, 3.63) is 58.3 Å². The van der Waals surface area contributed by atoms with Crippen molar-refractivity contribution in [2.45, 2.75) is 19.3 Å². The first-order valence-corrected chi connectivity index (χ1v) is 7.51. The van der Waals surface area contributed by atoms with E-state index in [-0.39, 0.29) is 5.91 Å². The highest BCUT2D eigenvalue weighted by Gasteiger charge is 2.25. The van der Waals surface area contributed by atoms with Crippen molar-refractivity contribution < 1.29 is 4.79 Å². The third-order valence-electron chi connectivity index (χ3n) is 3.65. The summed E-state index contributed by atoms with van der Waals surface area (Å²) in [6, 6.07) is 9.96. The highest BCUT2D eigenvalue weighted by Crippen LogP contribution is 2.33. The van der Waals surface area contributed by atoms with Crippen molar-refractivity contribution in [3.63, 3.8) is 0 Å². The number of anilines is 1. The molecule has 1 aliphatic rings. The third kappa shape index (κ3) is 2.61. The van der Waals surface area contributed by atoms with E-state index in [1.807, 2.05) is 35.2 Å². The molecule has 2 heterocycles. The average Bonchev–Trinajstić information content (AvgIpc) is 2.91. The molecular formula is C16H15BrN2O. The third-order valence-corrected chi connectivity index (χ3v) is 4.39. The maximum absolute atomic E-state index is 12.4. The molecule has 1 aliphatic heterocycles. The molecule has 0 unspecified atom stereocenters. The normalized spacial score (nSPS) is 13.3. The number of fused-ring (bicyclic) bond motifs is 1. The van der Waals surface area contributed by atoms with E-state index in [2.05, 4.69) is 20.9 Å². The molecule has 3 rings (SSSR count). The molecular weight excluding hydrogens is 316 g/mol. The summed E-state index contributed by atoms with van der Waals surface area (Å²) in [5, 5.41) is 0. The number of benzene rings is 1. The van der Waals surface area contributed by atoms with Gasteiger partial charge in [-0.25, -0.2) is 0 Å². The fourth-order valence-electron chi connectivity index (χ4n) is 2.59. The predicted octanol–water partition coefficient (Wildman–Crippen LogP) is 3.37. The lowest BCUT2D eigenvalue weighted by Gasteiger charge is -2.17. The standard InChI is InChI=1S/C16H15BrN2O/c17-14-2-1-3-15-13(14)8-11-19(15)16(20)5-4-12-6-9-18-10-7-12/h1-3,6-7,9-10H,4-5,8,11H2. The summed E-state index contributed by atoms with van der Waals surface area (Å²) in [7, 11) is 0. The van der Waals surface area contributed by atoms with E-state index in [0.717, 1.165) is 35.1 Å². The van der Waals surface area contributed by atoms with Gasteiger partial charge in [-0.05, 0) is 48.2 Å². The molecule has 3 nitrogen and oxygen atoms in total. The Balaban J connectivity index is 1.70. The minimum absolute atomic E-state index is 0.193. The zero-order valence-corrected chi connectivity index (χ0v) is 12.6. The Kier molecular flexibility index (Phi) is 3.83. The average molecular weight is 331 g/mol. The largest absolute Gasteiger partial charge is 0.312 e. The summed E-state index contributed by atoms with van der Waals surface area (Å²) >= 11 is 3.55. The topological polar surface area (TPSA) is 33.2 Å². The molecule has 0 bridgehead atoms. The van der Waals surface area contributed by atoms with Crippen LogP contribution in [0.15, 0.2) is 47.2 Å². The zero-order chi connectivity index (χ0) is 13.9.